The number of benzene rings is 3. The van der Waals surface area contributed by atoms with E-state index in [0.717, 1.165) is 11.3 Å². The van der Waals surface area contributed by atoms with Crippen molar-refractivity contribution in [2.24, 2.45) is 0 Å². The van der Waals surface area contributed by atoms with Crippen LogP contribution in [0, 0.1) is 11.3 Å². The second kappa shape index (κ2) is 9.89. The summed E-state index contributed by atoms with van der Waals surface area (Å²) >= 11 is 0. The first-order valence-corrected chi connectivity index (χ1v) is 9.42. The zero-order valence-electron chi connectivity index (χ0n) is 16.5. The third kappa shape index (κ3) is 5.46. The van der Waals surface area contributed by atoms with Crippen LogP contribution in [0.5, 0.6) is 5.75 Å². The number of amides is 2. The van der Waals surface area contributed by atoms with Crippen LogP contribution in [0.4, 0.5) is 5.69 Å². The highest BCUT2D eigenvalue weighted by Crippen LogP contribution is 2.13. The van der Waals surface area contributed by atoms with Crippen LogP contribution in [0.1, 0.15) is 31.8 Å². The Balaban J connectivity index is 1.57. The molecule has 3 aromatic carbocycles. The number of carbonyl (C=O) groups excluding carboxylic acids is 2. The van der Waals surface area contributed by atoms with E-state index in [1.807, 2.05) is 30.3 Å². The summed E-state index contributed by atoms with van der Waals surface area (Å²) < 4.78 is 5.13. The van der Waals surface area contributed by atoms with Crippen LogP contribution in [0.3, 0.4) is 0 Å². The number of nitriles is 1. The fourth-order valence-electron chi connectivity index (χ4n) is 2.85. The number of methoxy groups -OCH3 is 1. The molecule has 0 heterocycles. The van der Waals surface area contributed by atoms with Gasteiger partial charge in [-0.1, -0.05) is 18.2 Å². The molecule has 0 saturated heterocycles. The van der Waals surface area contributed by atoms with E-state index in [2.05, 4.69) is 10.6 Å². The molecule has 0 aliphatic rings. The fourth-order valence-corrected chi connectivity index (χ4v) is 2.85. The van der Waals surface area contributed by atoms with Gasteiger partial charge in [-0.3, -0.25) is 9.59 Å². The molecule has 0 saturated carbocycles. The predicted octanol–water partition coefficient (Wildman–Crippen LogP) is 3.79. The van der Waals surface area contributed by atoms with Gasteiger partial charge in [-0.15, -0.1) is 0 Å². The Morgan fingerprint density at radius 2 is 1.60 bits per heavy atom. The number of nitrogens with one attached hydrogen (secondary N) is 2. The number of anilines is 1. The molecular formula is C24H21N3O3. The molecule has 3 aromatic rings. The monoisotopic (exact) mass is 399 g/mol. The summed E-state index contributed by atoms with van der Waals surface area (Å²) in [6.45, 7) is 0.479. The van der Waals surface area contributed by atoms with Crippen LogP contribution in [-0.2, 0) is 6.42 Å². The highest BCUT2D eigenvalue weighted by molar-refractivity contribution is 6.06. The maximum absolute atomic E-state index is 12.5. The molecule has 3 rings (SSSR count). The first-order chi connectivity index (χ1) is 14.6. The molecule has 30 heavy (non-hydrogen) atoms. The molecule has 150 valence electrons. The van der Waals surface area contributed by atoms with Crippen LogP contribution in [0.15, 0.2) is 72.8 Å². The highest BCUT2D eigenvalue weighted by Gasteiger charge is 2.11. The summed E-state index contributed by atoms with van der Waals surface area (Å²) in [5, 5.41) is 14.5. The van der Waals surface area contributed by atoms with Crippen molar-refractivity contribution in [2.75, 3.05) is 19.0 Å². The van der Waals surface area contributed by atoms with Crippen molar-refractivity contribution in [1.29, 1.82) is 5.26 Å². The zero-order valence-corrected chi connectivity index (χ0v) is 16.5. The van der Waals surface area contributed by atoms with E-state index in [1.165, 1.54) is 0 Å². The lowest BCUT2D eigenvalue weighted by Crippen LogP contribution is -2.26. The van der Waals surface area contributed by atoms with Gasteiger partial charge in [0.2, 0.25) is 0 Å². The highest BCUT2D eigenvalue weighted by atomic mass is 16.5. The molecule has 0 fully saturated rings. The molecule has 0 aromatic heterocycles. The minimum atomic E-state index is -0.326. The van der Waals surface area contributed by atoms with E-state index < -0.39 is 0 Å². The Morgan fingerprint density at radius 1 is 0.933 bits per heavy atom. The lowest BCUT2D eigenvalue weighted by Gasteiger charge is -2.09. The Morgan fingerprint density at radius 3 is 2.23 bits per heavy atom. The van der Waals surface area contributed by atoms with E-state index >= 15 is 0 Å². The van der Waals surface area contributed by atoms with Gasteiger partial charge in [0.15, 0.2) is 0 Å². The van der Waals surface area contributed by atoms with Gasteiger partial charge in [0, 0.05) is 23.4 Å². The topological polar surface area (TPSA) is 91.2 Å². The van der Waals surface area contributed by atoms with E-state index in [0.29, 0.717) is 35.3 Å². The van der Waals surface area contributed by atoms with Crippen LogP contribution < -0.4 is 15.4 Å². The maximum atomic E-state index is 12.5. The number of hydrogen-bond donors (Lipinski definition) is 2. The molecule has 0 aliphatic carbocycles. The molecule has 2 amide bonds. The third-order valence-corrected chi connectivity index (χ3v) is 4.52. The van der Waals surface area contributed by atoms with E-state index in [1.54, 1.807) is 55.6 Å². The van der Waals surface area contributed by atoms with Gasteiger partial charge in [0.1, 0.15) is 5.75 Å². The van der Waals surface area contributed by atoms with Crippen LogP contribution >= 0.6 is 0 Å². The van der Waals surface area contributed by atoms with Gasteiger partial charge >= 0.3 is 0 Å². The summed E-state index contributed by atoms with van der Waals surface area (Å²) in [5.74, 6) is 0.225. The number of hydrogen-bond acceptors (Lipinski definition) is 4. The number of ether oxygens (including phenoxy) is 1. The van der Waals surface area contributed by atoms with E-state index in [9.17, 15) is 9.59 Å². The smallest absolute Gasteiger partial charge is 0.255 e. The normalized spacial score (nSPS) is 10.0. The average Bonchev–Trinajstić information content (AvgIpc) is 2.80. The lowest BCUT2D eigenvalue weighted by atomic mass is 10.1. The van der Waals surface area contributed by atoms with Crippen molar-refractivity contribution in [3.8, 4) is 11.8 Å². The molecule has 6 heteroatoms. The van der Waals surface area contributed by atoms with Crippen LogP contribution in [0.25, 0.3) is 0 Å². The van der Waals surface area contributed by atoms with Gasteiger partial charge in [-0.2, -0.15) is 5.26 Å². The molecule has 0 aliphatic heterocycles. The van der Waals surface area contributed by atoms with Crippen molar-refractivity contribution in [3.05, 3.63) is 95.1 Å². The van der Waals surface area contributed by atoms with Gasteiger partial charge in [0.05, 0.1) is 18.7 Å². The molecule has 0 radical (unpaired) electrons. The van der Waals surface area contributed by atoms with Gasteiger partial charge in [-0.05, 0) is 66.6 Å². The molecule has 6 nitrogen and oxygen atoms in total. The largest absolute Gasteiger partial charge is 0.497 e. The molecule has 0 atom stereocenters. The number of carbonyl (C=O) groups is 2. The SMILES string of the molecule is COc1ccc(CCNC(=O)c2cccc(C(=O)Nc3ccc(C#N)cc3)c2)cc1. The molecule has 0 unspecified atom stereocenters. The molecule has 2 N–H and O–H groups in total. The van der Waals surface area contributed by atoms with Gasteiger partial charge in [0.25, 0.3) is 11.8 Å². The molecule has 0 bridgehead atoms. The van der Waals surface area contributed by atoms with Crippen molar-refractivity contribution in [3.63, 3.8) is 0 Å². The Hall–Kier alpha value is -4.11. The van der Waals surface area contributed by atoms with E-state index in [-0.39, 0.29) is 11.8 Å². The first kappa shape index (κ1) is 20.6. The summed E-state index contributed by atoms with van der Waals surface area (Å²) in [5.41, 5.74) is 2.97. The van der Waals surface area contributed by atoms with Crippen LogP contribution in [0.2, 0.25) is 0 Å². The van der Waals surface area contributed by atoms with Crippen LogP contribution in [-0.4, -0.2) is 25.5 Å². The fraction of sp³-hybridized carbons (Fsp3) is 0.125. The van der Waals surface area contributed by atoms with Crippen molar-refractivity contribution < 1.29 is 14.3 Å². The Bertz CT molecular complexity index is 1070. The van der Waals surface area contributed by atoms with Crippen molar-refractivity contribution in [2.45, 2.75) is 6.42 Å². The van der Waals surface area contributed by atoms with Crippen molar-refractivity contribution in [1.82, 2.24) is 5.32 Å². The van der Waals surface area contributed by atoms with Crippen molar-refractivity contribution >= 4 is 17.5 Å². The molecule has 0 spiro atoms. The second-order valence-electron chi connectivity index (χ2n) is 6.58. The lowest BCUT2D eigenvalue weighted by molar-refractivity contribution is 0.0954. The third-order valence-electron chi connectivity index (χ3n) is 4.52. The first-order valence-electron chi connectivity index (χ1n) is 9.42. The minimum Gasteiger partial charge on any atom is -0.497 e. The zero-order chi connectivity index (χ0) is 21.3. The number of nitrogens with zero attached hydrogens (tertiary/aromatic N) is 1. The number of rotatable bonds is 7. The summed E-state index contributed by atoms with van der Waals surface area (Å²) in [7, 11) is 1.62. The summed E-state index contributed by atoms with van der Waals surface area (Å²) in [6.07, 6.45) is 0.689. The summed E-state index contributed by atoms with van der Waals surface area (Å²) in [6, 6.07) is 22.8. The average molecular weight is 399 g/mol. The Labute approximate surface area is 175 Å². The molecular weight excluding hydrogens is 378 g/mol. The Kier molecular flexibility index (Phi) is 6.80. The predicted molar refractivity (Wildman–Crippen MR) is 115 cm³/mol. The maximum Gasteiger partial charge on any atom is 0.255 e. The van der Waals surface area contributed by atoms with Gasteiger partial charge in [-0.25, -0.2) is 0 Å². The minimum absolute atomic E-state index is 0.239. The standard InChI is InChI=1S/C24H21N3O3/c1-30-22-11-7-17(8-12-22)13-14-26-23(28)19-3-2-4-20(15-19)24(29)27-21-9-5-18(16-25)6-10-21/h2-12,15H,13-14H2,1H3,(H,26,28)(H,27,29). The van der Waals surface area contributed by atoms with Gasteiger partial charge < -0.3 is 15.4 Å². The summed E-state index contributed by atoms with van der Waals surface area (Å²) in [4.78, 5) is 24.9. The quantitative estimate of drug-likeness (QED) is 0.632. The second-order valence-corrected chi connectivity index (χ2v) is 6.58. The van der Waals surface area contributed by atoms with E-state index in [4.69, 9.17) is 10.00 Å².